The number of rotatable bonds is 4. The summed E-state index contributed by atoms with van der Waals surface area (Å²) in [7, 11) is 1.67. The van der Waals surface area contributed by atoms with E-state index in [2.05, 4.69) is 0 Å². The number of likely N-dealkylation sites (tertiary alicyclic amines) is 2. The molecule has 0 aromatic heterocycles. The highest BCUT2D eigenvalue weighted by molar-refractivity contribution is 5.89. The number of amides is 2. The Balaban J connectivity index is 1.55. The predicted octanol–water partition coefficient (Wildman–Crippen LogP) is 5.08. The minimum Gasteiger partial charge on any atom is -0.345 e. The molecule has 4 atom stereocenters. The Morgan fingerprint density at radius 1 is 1.11 bits per heavy atom. The SMILES string of the molecule is CN1CC(C(=O)N2CC[C@@]3(Cc4ccc(F)cc4)c4ccc(C(C)(F)C(F)(F)F)cc4CC[C@@H]23)CC1=O. The van der Waals surface area contributed by atoms with Crippen molar-refractivity contribution in [2.75, 3.05) is 20.1 Å². The number of carbonyl (C=O) groups is 2. The number of hydrogen-bond donors (Lipinski definition) is 0. The van der Waals surface area contributed by atoms with E-state index in [0.717, 1.165) is 11.1 Å². The maximum Gasteiger partial charge on any atom is 0.426 e. The van der Waals surface area contributed by atoms with Gasteiger partial charge in [-0.3, -0.25) is 9.59 Å². The van der Waals surface area contributed by atoms with Gasteiger partial charge in [-0.2, -0.15) is 13.2 Å². The molecule has 2 aromatic rings. The van der Waals surface area contributed by atoms with Crippen molar-refractivity contribution in [1.82, 2.24) is 9.80 Å². The molecule has 2 saturated heterocycles. The number of nitrogens with zero attached hydrogens (tertiary/aromatic N) is 2. The van der Waals surface area contributed by atoms with Crippen LogP contribution in [0.5, 0.6) is 0 Å². The van der Waals surface area contributed by atoms with Crippen LogP contribution in [0.15, 0.2) is 42.5 Å². The number of benzene rings is 2. The summed E-state index contributed by atoms with van der Waals surface area (Å²) in [4.78, 5) is 29.0. The van der Waals surface area contributed by atoms with Crippen LogP contribution in [0.3, 0.4) is 0 Å². The average Bonchev–Trinajstić information content (AvgIpc) is 3.39. The van der Waals surface area contributed by atoms with Gasteiger partial charge < -0.3 is 9.80 Å². The fourth-order valence-corrected chi connectivity index (χ4v) is 6.52. The maximum atomic E-state index is 14.8. The van der Waals surface area contributed by atoms with Crippen molar-refractivity contribution in [3.05, 3.63) is 70.5 Å². The van der Waals surface area contributed by atoms with Gasteiger partial charge >= 0.3 is 6.18 Å². The van der Waals surface area contributed by atoms with Crippen LogP contribution in [0.25, 0.3) is 0 Å². The smallest absolute Gasteiger partial charge is 0.345 e. The van der Waals surface area contributed by atoms with E-state index >= 15 is 0 Å². The lowest BCUT2D eigenvalue weighted by atomic mass is 9.63. The first-order valence-corrected chi connectivity index (χ1v) is 12.5. The highest BCUT2D eigenvalue weighted by Crippen LogP contribution is 2.51. The van der Waals surface area contributed by atoms with E-state index in [1.807, 2.05) is 4.90 Å². The predicted molar refractivity (Wildman–Crippen MR) is 127 cm³/mol. The van der Waals surface area contributed by atoms with Crippen LogP contribution in [0, 0.1) is 11.7 Å². The first-order chi connectivity index (χ1) is 17.3. The van der Waals surface area contributed by atoms with Gasteiger partial charge in [-0.25, -0.2) is 8.78 Å². The van der Waals surface area contributed by atoms with Gasteiger partial charge in [-0.15, -0.1) is 0 Å². The zero-order valence-electron chi connectivity index (χ0n) is 20.7. The first kappa shape index (κ1) is 25.7. The molecular formula is C28H29F5N2O2. The number of carbonyl (C=O) groups excluding carboxylic acids is 2. The van der Waals surface area contributed by atoms with Gasteiger partial charge in [0.2, 0.25) is 17.5 Å². The third-order valence-electron chi connectivity index (χ3n) is 8.62. The quantitative estimate of drug-likeness (QED) is 0.528. The third kappa shape index (κ3) is 4.20. The molecule has 37 heavy (non-hydrogen) atoms. The second-order valence-corrected chi connectivity index (χ2v) is 10.8. The molecule has 0 bridgehead atoms. The van der Waals surface area contributed by atoms with E-state index in [0.29, 0.717) is 51.3 Å². The van der Waals surface area contributed by atoms with E-state index < -0.39 is 28.7 Å². The summed E-state index contributed by atoms with van der Waals surface area (Å²) in [5.74, 6) is -0.964. The molecule has 5 rings (SSSR count). The minimum absolute atomic E-state index is 0.0735. The molecule has 198 valence electrons. The zero-order valence-corrected chi connectivity index (χ0v) is 20.7. The normalized spacial score (nSPS) is 27.2. The van der Waals surface area contributed by atoms with Gasteiger partial charge in [-0.1, -0.05) is 30.3 Å². The fraction of sp³-hybridized carbons (Fsp3) is 0.500. The van der Waals surface area contributed by atoms with Crippen LogP contribution in [-0.4, -0.2) is 54.0 Å². The second-order valence-electron chi connectivity index (χ2n) is 10.8. The summed E-state index contributed by atoms with van der Waals surface area (Å²) in [6.07, 6.45) is -2.95. The minimum atomic E-state index is -5.05. The molecule has 1 aliphatic carbocycles. The zero-order chi connectivity index (χ0) is 26.8. The topological polar surface area (TPSA) is 40.6 Å². The van der Waals surface area contributed by atoms with E-state index in [-0.39, 0.29) is 30.1 Å². The van der Waals surface area contributed by atoms with Crippen molar-refractivity contribution in [1.29, 1.82) is 0 Å². The van der Waals surface area contributed by atoms with Crippen molar-refractivity contribution in [3.63, 3.8) is 0 Å². The molecule has 0 spiro atoms. The molecule has 0 N–H and O–H groups in total. The van der Waals surface area contributed by atoms with Crippen LogP contribution in [0.1, 0.15) is 48.4 Å². The Morgan fingerprint density at radius 2 is 1.81 bits per heavy atom. The molecule has 0 saturated carbocycles. The van der Waals surface area contributed by atoms with Gasteiger partial charge in [0.25, 0.3) is 0 Å². The van der Waals surface area contributed by atoms with Crippen LogP contribution in [0.2, 0.25) is 0 Å². The molecule has 3 aliphatic rings. The Hall–Kier alpha value is -2.97. The van der Waals surface area contributed by atoms with Crippen LogP contribution in [-0.2, 0) is 33.5 Å². The standard InChI is InChI=1S/C28H29F5N2O2/c1-26(30,28(31,32)33)20-6-9-22-18(13-20)5-10-23-27(22,15-17-3-7-21(29)8-4-17)11-12-35(23)25(37)19-14-24(36)34(2)16-19/h3-4,6-9,13,19,23H,5,10-12,14-16H2,1-2H3/t19?,23-,26?,27-/m1/s1. The summed E-state index contributed by atoms with van der Waals surface area (Å²) < 4.78 is 68.7. The molecule has 2 aliphatic heterocycles. The van der Waals surface area contributed by atoms with Crippen molar-refractivity contribution in [2.45, 2.75) is 62.3 Å². The number of fused-ring (bicyclic) bond motifs is 3. The largest absolute Gasteiger partial charge is 0.426 e. The van der Waals surface area contributed by atoms with Crippen molar-refractivity contribution >= 4 is 11.8 Å². The van der Waals surface area contributed by atoms with E-state index in [4.69, 9.17) is 0 Å². The van der Waals surface area contributed by atoms with Crippen molar-refractivity contribution in [2.24, 2.45) is 5.92 Å². The van der Waals surface area contributed by atoms with Gasteiger partial charge in [0, 0.05) is 38.0 Å². The van der Waals surface area contributed by atoms with Gasteiger partial charge in [0.05, 0.1) is 5.92 Å². The Kier molecular flexibility index (Phi) is 6.11. The fourth-order valence-electron chi connectivity index (χ4n) is 6.52. The highest BCUT2D eigenvalue weighted by Gasteiger charge is 2.56. The Labute approximate surface area is 212 Å². The number of alkyl halides is 4. The number of aryl methyl sites for hydroxylation is 1. The molecule has 9 heteroatoms. The number of hydrogen-bond acceptors (Lipinski definition) is 2. The molecule has 4 nitrogen and oxygen atoms in total. The molecular weight excluding hydrogens is 491 g/mol. The molecule has 2 amide bonds. The van der Waals surface area contributed by atoms with Crippen LogP contribution < -0.4 is 0 Å². The van der Waals surface area contributed by atoms with E-state index in [1.165, 1.54) is 24.3 Å². The lowest BCUT2D eigenvalue weighted by Gasteiger charge is -2.44. The summed E-state index contributed by atoms with van der Waals surface area (Å²) in [5.41, 5.74) is -2.23. The molecule has 2 fully saturated rings. The Morgan fingerprint density at radius 3 is 2.43 bits per heavy atom. The highest BCUT2D eigenvalue weighted by atomic mass is 19.4. The van der Waals surface area contributed by atoms with Crippen LogP contribution >= 0.6 is 0 Å². The van der Waals surface area contributed by atoms with Gasteiger partial charge in [0.15, 0.2) is 0 Å². The second kappa shape index (κ2) is 8.81. The monoisotopic (exact) mass is 520 g/mol. The van der Waals surface area contributed by atoms with E-state index in [1.54, 1.807) is 30.1 Å². The summed E-state index contributed by atoms with van der Waals surface area (Å²) in [6.45, 7) is 1.34. The van der Waals surface area contributed by atoms with Gasteiger partial charge in [0.1, 0.15) is 5.82 Å². The summed E-state index contributed by atoms with van der Waals surface area (Å²) in [6, 6.07) is 9.97. The van der Waals surface area contributed by atoms with E-state index in [9.17, 15) is 31.5 Å². The van der Waals surface area contributed by atoms with Crippen molar-refractivity contribution in [3.8, 4) is 0 Å². The molecule has 2 unspecified atom stereocenters. The summed E-state index contributed by atoms with van der Waals surface area (Å²) in [5, 5.41) is 0. The molecule has 0 radical (unpaired) electrons. The maximum absolute atomic E-state index is 14.8. The third-order valence-corrected chi connectivity index (χ3v) is 8.62. The van der Waals surface area contributed by atoms with Gasteiger partial charge in [-0.05, 0) is 67.0 Å². The molecule has 2 heterocycles. The summed E-state index contributed by atoms with van der Waals surface area (Å²) >= 11 is 0. The van der Waals surface area contributed by atoms with Crippen molar-refractivity contribution < 1.29 is 31.5 Å². The van der Waals surface area contributed by atoms with Crippen LogP contribution in [0.4, 0.5) is 22.0 Å². The Bertz CT molecular complexity index is 1230. The average molecular weight is 521 g/mol. The molecule has 2 aromatic carbocycles. The first-order valence-electron chi connectivity index (χ1n) is 12.5. The number of halogens is 5. The lowest BCUT2D eigenvalue weighted by Crippen LogP contribution is -2.50. The lowest BCUT2D eigenvalue weighted by molar-refractivity contribution is -0.228.